The molecule has 5 unspecified atom stereocenters. The lowest BCUT2D eigenvalue weighted by atomic mass is 9.98. The van der Waals surface area contributed by atoms with Crippen molar-refractivity contribution in [1.82, 2.24) is 0 Å². The molecule has 16 nitrogen and oxygen atoms in total. The van der Waals surface area contributed by atoms with E-state index < -0.39 is 96.1 Å². The summed E-state index contributed by atoms with van der Waals surface area (Å²) in [7, 11) is 1.19. The minimum absolute atomic E-state index is 0.123. The van der Waals surface area contributed by atoms with E-state index in [0.29, 0.717) is 0 Å². The molecule has 2 aliphatic rings. The number of rotatable bonds is 7. The molecule has 5 rings (SSSR count). The first kappa shape index (κ1) is 31.7. The molecule has 2 aliphatic heterocycles. The molecule has 1 aromatic heterocycles. The fraction of sp³-hybridized carbons (Fsp3) is 0.464. The van der Waals surface area contributed by atoms with E-state index in [0.717, 1.165) is 6.07 Å². The zero-order chi connectivity index (χ0) is 32.0. The molecular formula is C28H32O16. The van der Waals surface area contributed by atoms with Gasteiger partial charge in [0.15, 0.2) is 23.4 Å². The smallest absolute Gasteiger partial charge is 0.239 e. The Morgan fingerprint density at radius 3 is 2.07 bits per heavy atom. The molecule has 0 saturated carbocycles. The summed E-state index contributed by atoms with van der Waals surface area (Å²) in [6.45, 7) is 0.845. The molecule has 3 heterocycles. The molecule has 44 heavy (non-hydrogen) atoms. The highest BCUT2D eigenvalue weighted by Gasteiger charge is 2.48. The highest BCUT2D eigenvalue weighted by Crippen LogP contribution is 2.43. The molecule has 16 heteroatoms. The number of aliphatic hydroxyl groups is 6. The number of aliphatic hydroxyl groups excluding tert-OH is 6. The predicted octanol–water partition coefficient (Wildman–Crippen LogP) is -1.38. The van der Waals surface area contributed by atoms with Gasteiger partial charge in [-0.15, -0.1) is 0 Å². The second kappa shape index (κ2) is 12.4. The van der Waals surface area contributed by atoms with E-state index in [-0.39, 0.29) is 28.4 Å². The Morgan fingerprint density at radius 2 is 1.41 bits per heavy atom. The maximum absolute atomic E-state index is 13.8. The first-order valence-electron chi connectivity index (χ1n) is 13.4. The molecule has 10 atom stereocenters. The third kappa shape index (κ3) is 5.63. The number of hydrogen-bond acceptors (Lipinski definition) is 16. The molecule has 3 aromatic rings. The SMILES string of the molecule is COc1c(O)cc(O)c2c(=O)c(O[C@@H]3OC(CO[C@@H]4OC(C)[C@H](O)[C@H](O)C4O)[C@@H](O)C(O)C3O)c(-c3ccc(O)cc3)oc12. The van der Waals surface area contributed by atoms with Crippen molar-refractivity contribution in [1.29, 1.82) is 0 Å². The average molecular weight is 625 g/mol. The van der Waals surface area contributed by atoms with Crippen molar-refractivity contribution in [2.24, 2.45) is 0 Å². The number of phenols is 3. The largest absolute Gasteiger partial charge is 0.508 e. The molecule has 9 N–H and O–H groups in total. The van der Waals surface area contributed by atoms with Crippen LogP contribution in [-0.2, 0) is 14.2 Å². The molecule has 0 aliphatic carbocycles. The standard InChI is InChI=1S/C28H32O16/c1-9-16(32)19(35)21(37)27(41-9)40-8-14-17(33)20(36)22(38)28(42-14)44-26-18(34)15-12(30)7-13(31)24(39-2)25(15)43-23(26)10-3-5-11(29)6-4-10/h3-7,9,14,16-17,19-22,27-33,35-38H,8H2,1-2H3/t9?,14?,16-,17+,19-,20?,21?,22?,27+,28-/m0/s1. The van der Waals surface area contributed by atoms with Crippen LogP contribution in [0.15, 0.2) is 39.5 Å². The van der Waals surface area contributed by atoms with Crippen LogP contribution in [0.1, 0.15) is 6.92 Å². The number of hydrogen-bond donors (Lipinski definition) is 9. The predicted molar refractivity (Wildman–Crippen MR) is 145 cm³/mol. The van der Waals surface area contributed by atoms with Gasteiger partial charge in [0.25, 0.3) is 0 Å². The van der Waals surface area contributed by atoms with Crippen molar-refractivity contribution in [3.8, 4) is 40.1 Å². The van der Waals surface area contributed by atoms with Gasteiger partial charge in [-0.1, -0.05) is 0 Å². The van der Waals surface area contributed by atoms with Gasteiger partial charge in [0.05, 0.1) is 19.8 Å². The van der Waals surface area contributed by atoms with Crippen LogP contribution in [-0.4, -0.2) is 121 Å². The summed E-state index contributed by atoms with van der Waals surface area (Å²) >= 11 is 0. The van der Waals surface area contributed by atoms with Gasteiger partial charge in [0.2, 0.25) is 23.2 Å². The Kier molecular flexibility index (Phi) is 8.90. The van der Waals surface area contributed by atoms with E-state index in [1.807, 2.05) is 0 Å². The number of benzene rings is 2. The van der Waals surface area contributed by atoms with E-state index in [1.165, 1.54) is 38.3 Å². The zero-order valence-corrected chi connectivity index (χ0v) is 23.3. The number of methoxy groups -OCH3 is 1. The van der Waals surface area contributed by atoms with Crippen LogP contribution in [0.4, 0.5) is 0 Å². The topological polar surface area (TPSA) is 258 Å². The highest BCUT2D eigenvalue weighted by atomic mass is 16.7. The highest BCUT2D eigenvalue weighted by molar-refractivity contribution is 5.93. The van der Waals surface area contributed by atoms with E-state index in [9.17, 15) is 50.8 Å². The van der Waals surface area contributed by atoms with Gasteiger partial charge in [0, 0.05) is 11.6 Å². The summed E-state index contributed by atoms with van der Waals surface area (Å²) in [4.78, 5) is 13.8. The molecule has 0 radical (unpaired) electrons. The van der Waals surface area contributed by atoms with Crippen LogP contribution in [0, 0.1) is 0 Å². The molecular weight excluding hydrogens is 592 g/mol. The Hall–Kier alpha value is -3.71. The second-order valence-corrected chi connectivity index (χ2v) is 10.4. The maximum atomic E-state index is 13.8. The Labute approximate surface area is 248 Å². The van der Waals surface area contributed by atoms with Gasteiger partial charge >= 0.3 is 0 Å². The lowest BCUT2D eigenvalue weighted by Gasteiger charge is -2.42. The van der Waals surface area contributed by atoms with Crippen LogP contribution in [0.2, 0.25) is 0 Å². The van der Waals surface area contributed by atoms with E-state index in [4.69, 9.17) is 28.1 Å². The lowest BCUT2D eigenvalue weighted by Crippen LogP contribution is -2.61. The van der Waals surface area contributed by atoms with E-state index in [1.54, 1.807) is 0 Å². The van der Waals surface area contributed by atoms with Gasteiger partial charge in [-0.2, -0.15) is 0 Å². The maximum Gasteiger partial charge on any atom is 0.239 e. The summed E-state index contributed by atoms with van der Waals surface area (Å²) in [5, 5.41) is 92.1. The lowest BCUT2D eigenvalue weighted by molar-refractivity contribution is -0.318. The van der Waals surface area contributed by atoms with Crippen LogP contribution in [0.3, 0.4) is 0 Å². The van der Waals surface area contributed by atoms with E-state index >= 15 is 0 Å². The minimum Gasteiger partial charge on any atom is -0.508 e. The van der Waals surface area contributed by atoms with Gasteiger partial charge in [-0.05, 0) is 31.2 Å². The van der Waals surface area contributed by atoms with Gasteiger partial charge < -0.3 is 74.1 Å². The summed E-state index contributed by atoms with van der Waals surface area (Å²) in [6.07, 6.45) is -16.0. The number of phenolic OH excluding ortho intramolecular Hbond substituents is 3. The Balaban J connectivity index is 1.50. The molecule has 2 aromatic carbocycles. The normalized spacial score (nSPS) is 32.5. The van der Waals surface area contributed by atoms with Crippen molar-refractivity contribution < 1.29 is 74.1 Å². The summed E-state index contributed by atoms with van der Waals surface area (Å²) in [5.41, 5.74) is -1.20. The Morgan fingerprint density at radius 1 is 0.773 bits per heavy atom. The first-order valence-corrected chi connectivity index (χ1v) is 13.4. The number of ether oxygens (including phenoxy) is 5. The molecule has 0 bridgehead atoms. The summed E-state index contributed by atoms with van der Waals surface area (Å²) in [5.74, 6) is -2.59. The zero-order valence-electron chi connectivity index (χ0n) is 23.3. The van der Waals surface area contributed by atoms with Gasteiger partial charge in [-0.25, -0.2) is 0 Å². The fourth-order valence-electron chi connectivity index (χ4n) is 5.01. The monoisotopic (exact) mass is 624 g/mol. The van der Waals surface area contributed by atoms with Gasteiger partial charge in [0.1, 0.15) is 59.6 Å². The van der Waals surface area contributed by atoms with Crippen LogP contribution < -0.4 is 14.9 Å². The first-order chi connectivity index (χ1) is 20.8. The van der Waals surface area contributed by atoms with Crippen molar-refractivity contribution in [2.45, 2.75) is 68.3 Å². The summed E-state index contributed by atoms with van der Waals surface area (Å²) in [6, 6.07) is 6.12. The summed E-state index contributed by atoms with van der Waals surface area (Å²) < 4.78 is 33.3. The Bertz CT molecular complexity index is 1540. The van der Waals surface area contributed by atoms with Crippen molar-refractivity contribution in [3.63, 3.8) is 0 Å². The van der Waals surface area contributed by atoms with Crippen molar-refractivity contribution in [2.75, 3.05) is 13.7 Å². The molecule has 2 fully saturated rings. The van der Waals surface area contributed by atoms with Crippen molar-refractivity contribution >= 4 is 11.0 Å². The van der Waals surface area contributed by atoms with Crippen molar-refractivity contribution in [3.05, 3.63) is 40.6 Å². The van der Waals surface area contributed by atoms with Crippen LogP contribution in [0.25, 0.3) is 22.3 Å². The number of aromatic hydroxyl groups is 3. The average Bonchev–Trinajstić information content (AvgIpc) is 2.99. The molecule has 2 saturated heterocycles. The second-order valence-electron chi connectivity index (χ2n) is 10.4. The quantitative estimate of drug-likeness (QED) is 0.147. The molecule has 240 valence electrons. The third-order valence-electron chi connectivity index (χ3n) is 7.51. The molecule has 0 spiro atoms. The number of fused-ring (bicyclic) bond motifs is 1. The van der Waals surface area contributed by atoms with Crippen LogP contribution in [0.5, 0.6) is 28.7 Å². The molecule has 0 amide bonds. The minimum atomic E-state index is -1.94. The van der Waals surface area contributed by atoms with Gasteiger partial charge in [-0.3, -0.25) is 4.79 Å². The van der Waals surface area contributed by atoms with Crippen LogP contribution >= 0.6 is 0 Å². The fourth-order valence-corrected chi connectivity index (χ4v) is 5.01. The van der Waals surface area contributed by atoms with E-state index in [2.05, 4.69) is 0 Å². The third-order valence-corrected chi connectivity index (χ3v) is 7.51.